The summed E-state index contributed by atoms with van der Waals surface area (Å²) in [7, 11) is 1.24. The monoisotopic (exact) mass is 194 g/mol. The molecule has 0 atom stereocenters. The maximum atomic E-state index is 11.5. The summed E-state index contributed by atoms with van der Waals surface area (Å²) in [6, 6.07) is 0. The summed E-state index contributed by atoms with van der Waals surface area (Å²) < 4.78 is 5.59. The Kier molecular flexibility index (Phi) is 1.77. The Balaban J connectivity index is 2.70. The Morgan fingerprint density at radius 2 is 2.50 bits per heavy atom. The fourth-order valence-electron chi connectivity index (χ4n) is 1.05. The van der Waals surface area contributed by atoms with E-state index >= 15 is 0 Å². The van der Waals surface area contributed by atoms with Gasteiger partial charge in [-0.25, -0.2) is 9.20 Å². The van der Waals surface area contributed by atoms with E-state index in [1.807, 2.05) is 0 Å². The summed E-state index contributed by atoms with van der Waals surface area (Å²) in [5.74, 6) is -0.301. The van der Waals surface area contributed by atoms with E-state index in [0.717, 1.165) is 6.08 Å². The molecule has 0 saturated carbocycles. The SMILES string of the molecule is COC(=O)C=c1[nH]c2nncn2c1=O. The largest absolute Gasteiger partial charge is 0.466 e. The molecule has 0 fully saturated rings. The maximum absolute atomic E-state index is 11.5. The number of rotatable bonds is 1. The number of hydrogen-bond acceptors (Lipinski definition) is 5. The summed E-state index contributed by atoms with van der Waals surface area (Å²) in [6.07, 6.45) is 2.33. The highest BCUT2D eigenvalue weighted by atomic mass is 16.5. The van der Waals surface area contributed by atoms with Gasteiger partial charge in [-0.3, -0.25) is 4.79 Å². The van der Waals surface area contributed by atoms with Crippen LogP contribution in [0.15, 0.2) is 11.1 Å². The molecule has 0 aliphatic heterocycles. The lowest BCUT2D eigenvalue weighted by Crippen LogP contribution is -2.26. The normalized spacial score (nSPS) is 12.2. The van der Waals surface area contributed by atoms with Crippen LogP contribution in [0.5, 0.6) is 0 Å². The number of esters is 1. The van der Waals surface area contributed by atoms with E-state index in [1.165, 1.54) is 17.8 Å². The zero-order chi connectivity index (χ0) is 10.1. The topological polar surface area (TPSA) is 89.3 Å². The van der Waals surface area contributed by atoms with E-state index in [1.54, 1.807) is 0 Å². The fraction of sp³-hybridized carbons (Fsp3) is 0.143. The Labute approximate surface area is 77.0 Å². The molecule has 0 saturated heterocycles. The number of aromatic nitrogens is 4. The van der Waals surface area contributed by atoms with Crippen molar-refractivity contribution >= 4 is 17.8 Å². The van der Waals surface area contributed by atoms with E-state index in [4.69, 9.17) is 0 Å². The van der Waals surface area contributed by atoms with Crippen LogP contribution >= 0.6 is 0 Å². The van der Waals surface area contributed by atoms with Gasteiger partial charge in [0.1, 0.15) is 11.7 Å². The minimum absolute atomic E-state index is 0.127. The summed E-state index contributed by atoms with van der Waals surface area (Å²) in [5, 5.41) is 7.26. The van der Waals surface area contributed by atoms with Crippen LogP contribution in [0, 0.1) is 0 Å². The first kappa shape index (κ1) is 8.42. The molecular formula is C7H6N4O3. The van der Waals surface area contributed by atoms with Crippen molar-refractivity contribution in [1.82, 2.24) is 19.6 Å². The smallest absolute Gasteiger partial charge is 0.332 e. The van der Waals surface area contributed by atoms with Gasteiger partial charge in [0.15, 0.2) is 0 Å². The molecule has 0 unspecified atom stereocenters. The molecule has 14 heavy (non-hydrogen) atoms. The quantitative estimate of drug-likeness (QED) is 0.535. The van der Waals surface area contributed by atoms with Crippen LogP contribution in [-0.2, 0) is 9.53 Å². The second-order valence-corrected chi connectivity index (χ2v) is 2.54. The Morgan fingerprint density at radius 1 is 1.71 bits per heavy atom. The summed E-state index contributed by atoms with van der Waals surface area (Å²) >= 11 is 0. The number of aromatic amines is 1. The van der Waals surface area contributed by atoms with Gasteiger partial charge in [0.05, 0.1) is 13.2 Å². The summed E-state index contributed by atoms with van der Waals surface area (Å²) in [4.78, 5) is 24.9. The predicted molar refractivity (Wildman–Crippen MR) is 45.3 cm³/mol. The van der Waals surface area contributed by atoms with E-state index < -0.39 is 5.97 Å². The van der Waals surface area contributed by atoms with Gasteiger partial charge in [0.25, 0.3) is 5.56 Å². The summed E-state index contributed by atoms with van der Waals surface area (Å²) in [5.41, 5.74) is -0.379. The van der Waals surface area contributed by atoms with Crippen molar-refractivity contribution in [3.05, 3.63) is 22.0 Å². The number of hydrogen-bond donors (Lipinski definition) is 1. The molecule has 2 aromatic rings. The van der Waals surface area contributed by atoms with E-state index in [9.17, 15) is 9.59 Å². The van der Waals surface area contributed by atoms with Crippen molar-refractivity contribution in [2.45, 2.75) is 0 Å². The van der Waals surface area contributed by atoms with Gasteiger partial charge in [-0.1, -0.05) is 0 Å². The molecule has 1 N–H and O–H groups in total. The Hall–Kier alpha value is -2.18. The third-order valence-electron chi connectivity index (χ3n) is 1.71. The van der Waals surface area contributed by atoms with Crippen molar-refractivity contribution in [2.75, 3.05) is 7.11 Å². The molecule has 0 radical (unpaired) electrons. The zero-order valence-corrected chi connectivity index (χ0v) is 7.22. The molecule has 72 valence electrons. The second-order valence-electron chi connectivity index (χ2n) is 2.54. The van der Waals surface area contributed by atoms with Crippen molar-refractivity contribution in [3.8, 4) is 0 Å². The van der Waals surface area contributed by atoms with Crippen LogP contribution in [-0.4, -0.2) is 32.7 Å². The average Bonchev–Trinajstić information content (AvgIpc) is 2.72. The van der Waals surface area contributed by atoms with Gasteiger partial charge < -0.3 is 9.72 Å². The number of methoxy groups -OCH3 is 1. The van der Waals surface area contributed by atoms with Crippen molar-refractivity contribution in [2.24, 2.45) is 0 Å². The van der Waals surface area contributed by atoms with Gasteiger partial charge in [-0.2, -0.15) is 0 Å². The van der Waals surface area contributed by atoms with Crippen molar-refractivity contribution < 1.29 is 9.53 Å². The molecule has 0 aromatic carbocycles. The Bertz CT molecular complexity index is 582. The minimum atomic E-state index is -0.598. The molecule has 2 rings (SSSR count). The molecule has 7 heteroatoms. The van der Waals surface area contributed by atoms with Crippen molar-refractivity contribution in [3.63, 3.8) is 0 Å². The van der Waals surface area contributed by atoms with Crippen LogP contribution in [0.3, 0.4) is 0 Å². The van der Waals surface area contributed by atoms with Crippen LogP contribution in [0.4, 0.5) is 0 Å². The lowest BCUT2D eigenvalue weighted by Gasteiger charge is -1.85. The number of carbonyl (C=O) groups is 1. The minimum Gasteiger partial charge on any atom is -0.466 e. The number of nitrogens with one attached hydrogen (secondary N) is 1. The average molecular weight is 194 g/mol. The summed E-state index contributed by atoms with van der Waals surface area (Å²) in [6.45, 7) is 0. The molecular weight excluding hydrogens is 188 g/mol. The molecule has 0 amide bonds. The molecule has 2 heterocycles. The standard InChI is InChI=1S/C7H6N4O3/c1-14-5(12)2-4-6(13)11-3-8-10-7(11)9-4/h2-3H,1H3,(H,9,10). The lowest BCUT2D eigenvalue weighted by molar-refractivity contribution is -0.133. The van der Waals surface area contributed by atoms with Gasteiger partial charge >= 0.3 is 5.97 Å². The van der Waals surface area contributed by atoms with Gasteiger partial charge in [0.2, 0.25) is 5.78 Å². The molecule has 2 aromatic heterocycles. The Morgan fingerprint density at radius 3 is 3.14 bits per heavy atom. The van der Waals surface area contributed by atoms with Gasteiger partial charge in [0, 0.05) is 0 Å². The third-order valence-corrected chi connectivity index (χ3v) is 1.71. The van der Waals surface area contributed by atoms with Crippen LogP contribution in [0.1, 0.15) is 0 Å². The number of fused-ring (bicyclic) bond motifs is 1. The highest BCUT2D eigenvalue weighted by Crippen LogP contribution is 1.82. The van der Waals surface area contributed by atoms with Crippen LogP contribution < -0.4 is 10.9 Å². The maximum Gasteiger partial charge on any atom is 0.332 e. The highest BCUT2D eigenvalue weighted by molar-refractivity contribution is 5.99. The molecule has 0 aliphatic rings. The van der Waals surface area contributed by atoms with Gasteiger partial charge in [-0.15, -0.1) is 10.2 Å². The van der Waals surface area contributed by atoms with Crippen molar-refractivity contribution in [1.29, 1.82) is 0 Å². The highest BCUT2D eigenvalue weighted by Gasteiger charge is 2.04. The van der Waals surface area contributed by atoms with E-state index in [0.29, 0.717) is 5.78 Å². The predicted octanol–water partition coefficient (Wildman–Crippen LogP) is -1.91. The number of ether oxygens (including phenoxy) is 1. The third kappa shape index (κ3) is 1.15. The number of H-pyrrole nitrogens is 1. The molecule has 7 nitrogen and oxygen atoms in total. The molecule has 0 bridgehead atoms. The number of imidazole rings is 1. The van der Waals surface area contributed by atoms with E-state index in [2.05, 4.69) is 19.9 Å². The first-order valence-electron chi connectivity index (χ1n) is 3.74. The zero-order valence-electron chi connectivity index (χ0n) is 7.22. The van der Waals surface area contributed by atoms with Crippen LogP contribution in [0.2, 0.25) is 0 Å². The lowest BCUT2D eigenvalue weighted by atomic mass is 10.5. The second kappa shape index (κ2) is 2.95. The first-order chi connectivity index (χ1) is 6.72. The van der Waals surface area contributed by atoms with E-state index in [-0.39, 0.29) is 10.9 Å². The fourth-order valence-corrected chi connectivity index (χ4v) is 1.05. The first-order valence-corrected chi connectivity index (χ1v) is 3.74. The molecule has 0 spiro atoms. The van der Waals surface area contributed by atoms with Gasteiger partial charge in [-0.05, 0) is 0 Å². The molecule has 0 aliphatic carbocycles. The number of carbonyl (C=O) groups excluding carboxylic acids is 1. The number of nitrogens with zero attached hydrogens (tertiary/aromatic N) is 3. The van der Waals surface area contributed by atoms with Crippen LogP contribution in [0.25, 0.3) is 11.9 Å².